The molecule has 0 heterocycles. The van der Waals surface area contributed by atoms with Gasteiger partial charge in [-0.3, -0.25) is 4.79 Å². The lowest BCUT2D eigenvalue weighted by Crippen LogP contribution is -2.36. The molecule has 0 N–H and O–H groups in total. The number of hydrogen-bond donors (Lipinski definition) is 0. The summed E-state index contributed by atoms with van der Waals surface area (Å²) in [7, 11) is 0. The fraction of sp³-hybridized carbons (Fsp3) is 0.462. The summed E-state index contributed by atoms with van der Waals surface area (Å²) in [4.78, 5) is 11.2. The van der Waals surface area contributed by atoms with Crippen LogP contribution in [0.3, 0.4) is 0 Å². The number of alkyl halides is 4. The maximum Gasteiger partial charge on any atom is 0.368 e. The molecule has 1 nitrogen and oxygen atoms in total. The van der Waals surface area contributed by atoms with Gasteiger partial charge >= 0.3 is 12.3 Å². The Kier molecular flexibility index (Phi) is 3.41. The van der Waals surface area contributed by atoms with Gasteiger partial charge in [0.1, 0.15) is 0 Å². The molecule has 1 aromatic rings. The van der Waals surface area contributed by atoms with Crippen LogP contribution in [-0.2, 0) is 0 Å². The summed E-state index contributed by atoms with van der Waals surface area (Å²) in [6, 6.07) is 5.54. The molecule has 1 fully saturated rings. The second kappa shape index (κ2) is 4.71. The molecule has 1 aliphatic rings. The summed E-state index contributed by atoms with van der Waals surface area (Å²) in [6.07, 6.45) is -0.758. The van der Waals surface area contributed by atoms with Gasteiger partial charge in [-0.05, 0) is 24.3 Å². The number of Topliss-reactive ketones (excluding diaryl/α,β-unsaturated/α-hetero) is 1. The molecule has 0 amide bonds. The second-order valence-corrected chi connectivity index (χ2v) is 4.50. The predicted molar refractivity (Wildman–Crippen MR) is 58.3 cm³/mol. The van der Waals surface area contributed by atoms with Crippen LogP contribution in [0.15, 0.2) is 24.3 Å². The highest BCUT2D eigenvalue weighted by Crippen LogP contribution is 2.36. The van der Waals surface area contributed by atoms with Crippen molar-refractivity contribution in [1.29, 1.82) is 0 Å². The zero-order valence-electron chi connectivity index (χ0n) is 9.51. The molecule has 0 unspecified atom stereocenters. The van der Waals surface area contributed by atoms with Crippen molar-refractivity contribution in [2.45, 2.75) is 37.5 Å². The van der Waals surface area contributed by atoms with Gasteiger partial charge in [-0.1, -0.05) is 30.7 Å². The van der Waals surface area contributed by atoms with Gasteiger partial charge in [0, 0.05) is 5.56 Å². The maximum absolute atomic E-state index is 12.9. The molecule has 1 aromatic carbocycles. The summed E-state index contributed by atoms with van der Waals surface area (Å²) in [5.41, 5.74) is 0.599. The van der Waals surface area contributed by atoms with Crippen LogP contribution >= 0.6 is 0 Å². The molecule has 0 spiro atoms. The van der Waals surface area contributed by atoms with E-state index in [0.29, 0.717) is 5.92 Å². The van der Waals surface area contributed by atoms with Gasteiger partial charge in [0.25, 0.3) is 0 Å². The van der Waals surface area contributed by atoms with Crippen LogP contribution < -0.4 is 0 Å². The van der Waals surface area contributed by atoms with Crippen LogP contribution in [0, 0.1) is 0 Å². The minimum Gasteiger partial charge on any atom is -0.287 e. The van der Waals surface area contributed by atoms with Crippen LogP contribution in [0.4, 0.5) is 17.6 Å². The molecule has 0 aromatic heterocycles. The van der Waals surface area contributed by atoms with E-state index in [1.165, 1.54) is 12.1 Å². The molecule has 98 valence electrons. The third kappa shape index (κ3) is 2.26. The highest BCUT2D eigenvalue weighted by atomic mass is 19.3. The first-order chi connectivity index (χ1) is 8.43. The van der Waals surface area contributed by atoms with Crippen LogP contribution in [0.1, 0.15) is 41.1 Å². The summed E-state index contributed by atoms with van der Waals surface area (Å²) in [5, 5.41) is 0. The van der Waals surface area contributed by atoms with Crippen LogP contribution in [0.5, 0.6) is 0 Å². The lowest BCUT2D eigenvalue weighted by Gasteiger charge is -2.25. The van der Waals surface area contributed by atoms with Crippen LogP contribution in [0.25, 0.3) is 0 Å². The fourth-order valence-corrected chi connectivity index (χ4v) is 1.94. The van der Waals surface area contributed by atoms with Crippen molar-refractivity contribution >= 4 is 5.78 Å². The fourth-order valence-electron chi connectivity index (χ4n) is 1.94. The van der Waals surface area contributed by atoms with Gasteiger partial charge in [0.2, 0.25) is 5.78 Å². The van der Waals surface area contributed by atoms with Crippen molar-refractivity contribution in [3.05, 3.63) is 35.4 Å². The average Bonchev–Trinajstić information content (AvgIpc) is 2.26. The van der Waals surface area contributed by atoms with Crippen molar-refractivity contribution in [3.8, 4) is 0 Å². The Morgan fingerprint density at radius 3 is 2.11 bits per heavy atom. The van der Waals surface area contributed by atoms with Gasteiger partial charge in [-0.15, -0.1) is 0 Å². The molecule has 1 saturated carbocycles. The molecule has 1 aliphatic carbocycles. The highest BCUT2D eigenvalue weighted by Gasteiger charge is 2.48. The quantitative estimate of drug-likeness (QED) is 0.590. The molecular formula is C13H12F4O. The third-order valence-electron chi connectivity index (χ3n) is 3.33. The number of carbonyl (C=O) groups is 1. The van der Waals surface area contributed by atoms with Crippen LogP contribution in [0.2, 0.25) is 0 Å². The van der Waals surface area contributed by atoms with Gasteiger partial charge in [0.05, 0.1) is 0 Å². The van der Waals surface area contributed by atoms with Crippen molar-refractivity contribution < 1.29 is 22.4 Å². The summed E-state index contributed by atoms with van der Waals surface area (Å²) in [6.45, 7) is 0. The number of hydrogen-bond acceptors (Lipinski definition) is 1. The number of ketones is 1. The van der Waals surface area contributed by atoms with Gasteiger partial charge in [-0.25, -0.2) is 8.78 Å². The maximum atomic E-state index is 12.9. The topological polar surface area (TPSA) is 17.1 Å². The van der Waals surface area contributed by atoms with Crippen molar-refractivity contribution in [3.63, 3.8) is 0 Å². The minimum absolute atomic E-state index is 0.372. The Morgan fingerprint density at radius 2 is 1.72 bits per heavy atom. The van der Waals surface area contributed by atoms with Crippen LogP contribution in [-0.4, -0.2) is 18.1 Å². The molecule has 0 aliphatic heterocycles. The smallest absolute Gasteiger partial charge is 0.287 e. The molecule has 18 heavy (non-hydrogen) atoms. The van der Waals surface area contributed by atoms with Crippen molar-refractivity contribution in [1.82, 2.24) is 0 Å². The van der Waals surface area contributed by atoms with Crippen molar-refractivity contribution in [2.24, 2.45) is 0 Å². The zero-order valence-corrected chi connectivity index (χ0v) is 9.51. The first kappa shape index (κ1) is 13.1. The molecular weight excluding hydrogens is 248 g/mol. The van der Waals surface area contributed by atoms with E-state index >= 15 is 0 Å². The standard InChI is InChI=1S/C13H12F4O/c14-12(15)13(16,17)11(18)10-6-4-9(5-7-10)8-2-1-3-8/h4-8,12H,1-3H2. The van der Waals surface area contributed by atoms with Gasteiger partial charge < -0.3 is 0 Å². The first-order valence-electron chi connectivity index (χ1n) is 5.73. The summed E-state index contributed by atoms with van der Waals surface area (Å²) in [5.74, 6) is -6.03. The van der Waals surface area contributed by atoms with Gasteiger partial charge in [0.15, 0.2) is 0 Å². The molecule has 0 saturated heterocycles. The lowest BCUT2D eigenvalue weighted by atomic mass is 9.80. The van der Waals surface area contributed by atoms with E-state index < -0.39 is 18.1 Å². The number of halogens is 4. The summed E-state index contributed by atoms with van der Waals surface area (Å²) >= 11 is 0. The third-order valence-corrected chi connectivity index (χ3v) is 3.33. The van der Waals surface area contributed by atoms with Gasteiger partial charge in [-0.2, -0.15) is 8.78 Å². The van der Waals surface area contributed by atoms with E-state index in [2.05, 4.69) is 0 Å². The van der Waals surface area contributed by atoms with E-state index in [4.69, 9.17) is 0 Å². The Balaban J connectivity index is 2.16. The molecule has 0 atom stereocenters. The second-order valence-electron chi connectivity index (χ2n) is 4.50. The average molecular weight is 260 g/mol. The van der Waals surface area contributed by atoms with E-state index in [1.54, 1.807) is 12.1 Å². The summed E-state index contributed by atoms with van der Waals surface area (Å²) < 4.78 is 49.8. The SMILES string of the molecule is O=C(c1ccc(C2CCC2)cc1)C(F)(F)C(F)F. The normalized spacial score (nSPS) is 16.7. The van der Waals surface area contributed by atoms with E-state index in [9.17, 15) is 22.4 Å². The molecule has 0 bridgehead atoms. The predicted octanol–water partition coefficient (Wildman–Crippen LogP) is 4.04. The largest absolute Gasteiger partial charge is 0.368 e. The Labute approximate surface area is 102 Å². The monoisotopic (exact) mass is 260 g/mol. The lowest BCUT2D eigenvalue weighted by molar-refractivity contribution is -0.0958. The number of rotatable bonds is 4. The molecule has 5 heteroatoms. The van der Waals surface area contributed by atoms with E-state index in [0.717, 1.165) is 24.8 Å². The minimum atomic E-state index is -4.61. The number of carbonyl (C=O) groups excluding carboxylic acids is 1. The Hall–Kier alpha value is -1.39. The molecule has 2 rings (SSSR count). The van der Waals surface area contributed by atoms with E-state index in [1.807, 2.05) is 0 Å². The highest BCUT2D eigenvalue weighted by molar-refractivity contribution is 6.01. The first-order valence-corrected chi connectivity index (χ1v) is 5.73. The zero-order chi connectivity index (χ0) is 13.3. The Bertz CT molecular complexity index is 435. The molecule has 0 radical (unpaired) electrons. The number of benzene rings is 1. The Morgan fingerprint density at radius 1 is 1.17 bits per heavy atom. The van der Waals surface area contributed by atoms with Crippen molar-refractivity contribution in [2.75, 3.05) is 0 Å². The van der Waals surface area contributed by atoms with E-state index in [-0.39, 0.29) is 5.56 Å².